The Morgan fingerprint density at radius 3 is 2.93 bits per heavy atom. The summed E-state index contributed by atoms with van der Waals surface area (Å²) < 4.78 is 12.8. The van der Waals surface area contributed by atoms with E-state index in [1.807, 2.05) is 48.0 Å². The Kier molecular flexibility index (Phi) is 6.11. The number of imidazole rings is 1. The summed E-state index contributed by atoms with van der Waals surface area (Å²) in [6, 6.07) is 9.45. The number of hydrogen-bond acceptors (Lipinski definition) is 4. The molecule has 2 heterocycles. The van der Waals surface area contributed by atoms with Crippen LogP contribution < -0.4 is 14.8 Å². The first-order valence-corrected chi connectivity index (χ1v) is 8.91. The summed E-state index contributed by atoms with van der Waals surface area (Å²) >= 11 is 0. The second-order valence-corrected chi connectivity index (χ2v) is 6.22. The molecule has 3 rings (SSSR count). The summed E-state index contributed by atoms with van der Waals surface area (Å²) in [5.41, 5.74) is 3.63. The molecule has 0 atom stereocenters. The third kappa shape index (κ3) is 4.59. The molecule has 1 N–H and O–H groups in total. The minimum atomic E-state index is -0.195. The lowest BCUT2D eigenvalue weighted by molar-refractivity contribution is -0.116. The van der Waals surface area contributed by atoms with E-state index in [0.717, 1.165) is 22.5 Å². The maximum Gasteiger partial charge on any atom is 0.244 e. The minimum absolute atomic E-state index is 0.195. The van der Waals surface area contributed by atoms with Crippen molar-refractivity contribution in [3.05, 3.63) is 78.3 Å². The highest BCUT2D eigenvalue weighted by Crippen LogP contribution is 2.28. The summed E-state index contributed by atoms with van der Waals surface area (Å²) in [4.78, 5) is 16.7. The van der Waals surface area contributed by atoms with Gasteiger partial charge in [-0.3, -0.25) is 4.79 Å². The number of carbonyl (C=O) groups is 1. The van der Waals surface area contributed by atoms with Crippen LogP contribution in [-0.2, 0) is 11.3 Å². The van der Waals surface area contributed by atoms with Crippen LogP contribution in [0.25, 0.3) is 11.7 Å². The van der Waals surface area contributed by atoms with E-state index in [1.165, 1.54) is 6.08 Å². The molecule has 0 aliphatic carbocycles. The van der Waals surface area contributed by atoms with Gasteiger partial charge < -0.3 is 19.2 Å². The monoisotopic (exact) mass is 377 g/mol. The molecule has 6 nitrogen and oxygen atoms in total. The number of hydrogen-bond donors (Lipinski definition) is 1. The van der Waals surface area contributed by atoms with Crippen molar-refractivity contribution in [1.29, 1.82) is 0 Å². The number of aryl methyl sites for hydroxylation is 1. The van der Waals surface area contributed by atoms with Crippen LogP contribution >= 0.6 is 0 Å². The van der Waals surface area contributed by atoms with Crippen LogP contribution in [0.4, 0.5) is 0 Å². The first-order chi connectivity index (χ1) is 13.6. The van der Waals surface area contributed by atoms with Crippen LogP contribution in [-0.4, -0.2) is 29.0 Å². The second-order valence-electron chi connectivity index (χ2n) is 6.22. The molecule has 28 heavy (non-hydrogen) atoms. The summed E-state index contributed by atoms with van der Waals surface area (Å²) in [6.07, 6.45) is 8.74. The van der Waals surface area contributed by atoms with Gasteiger partial charge in [-0.1, -0.05) is 24.8 Å². The van der Waals surface area contributed by atoms with E-state index in [-0.39, 0.29) is 5.91 Å². The van der Waals surface area contributed by atoms with Gasteiger partial charge in [0.15, 0.2) is 11.5 Å². The average molecular weight is 377 g/mol. The highest BCUT2D eigenvalue weighted by atomic mass is 16.5. The topological polar surface area (TPSA) is 64.9 Å². The molecule has 0 aliphatic heterocycles. The van der Waals surface area contributed by atoms with Gasteiger partial charge >= 0.3 is 0 Å². The van der Waals surface area contributed by atoms with E-state index in [4.69, 9.17) is 9.47 Å². The molecule has 3 aromatic rings. The molecule has 2 aromatic heterocycles. The molecule has 0 saturated carbocycles. The Morgan fingerprint density at radius 1 is 1.32 bits per heavy atom. The van der Waals surface area contributed by atoms with Crippen molar-refractivity contribution in [2.24, 2.45) is 0 Å². The van der Waals surface area contributed by atoms with Gasteiger partial charge in [0.05, 0.1) is 19.3 Å². The van der Waals surface area contributed by atoms with Gasteiger partial charge in [-0.2, -0.15) is 0 Å². The quantitative estimate of drug-likeness (QED) is 0.482. The van der Waals surface area contributed by atoms with Crippen LogP contribution in [0.3, 0.4) is 0 Å². The highest BCUT2D eigenvalue weighted by molar-refractivity contribution is 5.91. The molecule has 0 unspecified atom stereocenters. The van der Waals surface area contributed by atoms with Crippen LogP contribution in [0.1, 0.15) is 16.8 Å². The molecule has 0 spiro atoms. The number of aromatic nitrogens is 2. The number of rotatable bonds is 8. The lowest BCUT2D eigenvalue weighted by atomic mass is 10.2. The van der Waals surface area contributed by atoms with Gasteiger partial charge in [-0.25, -0.2) is 4.98 Å². The lowest BCUT2D eigenvalue weighted by Crippen LogP contribution is -2.20. The van der Waals surface area contributed by atoms with Gasteiger partial charge in [0, 0.05) is 18.5 Å². The number of pyridine rings is 1. The normalized spacial score (nSPS) is 10.9. The van der Waals surface area contributed by atoms with E-state index in [9.17, 15) is 4.79 Å². The van der Waals surface area contributed by atoms with Crippen LogP contribution in [0.15, 0.2) is 61.5 Å². The van der Waals surface area contributed by atoms with Gasteiger partial charge in [-0.15, -0.1) is 0 Å². The predicted octanol–water partition coefficient (Wildman–Crippen LogP) is 3.55. The number of fused-ring (bicyclic) bond motifs is 1. The fourth-order valence-electron chi connectivity index (χ4n) is 2.75. The Bertz CT molecular complexity index is 1020. The molecule has 1 amide bonds. The molecular formula is C22H23N3O3. The Hall–Kier alpha value is -3.54. The Balaban J connectivity index is 1.61. The zero-order valence-electron chi connectivity index (χ0n) is 16.0. The van der Waals surface area contributed by atoms with E-state index >= 15 is 0 Å². The number of carbonyl (C=O) groups excluding carboxylic acids is 1. The molecule has 0 saturated heterocycles. The summed E-state index contributed by atoms with van der Waals surface area (Å²) in [7, 11) is 1.58. The second kappa shape index (κ2) is 8.90. The third-order valence-corrected chi connectivity index (χ3v) is 4.14. The van der Waals surface area contributed by atoms with Crippen LogP contribution in [0.2, 0.25) is 0 Å². The van der Waals surface area contributed by atoms with E-state index in [2.05, 4.69) is 16.9 Å². The molecule has 1 aromatic carbocycles. The number of nitrogens with zero attached hydrogens (tertiary/aromatic N) is 2. The smallest absolute Gasteiger partial charge is 0.244 e. The van der Waals surface area contributed by atoms with Crippen LogP contribution in [0, 0.1) is 6.92 Å². The maximum atomic E-state index is 12.1. The zero-order valence-corrected chi connectivity index (χ0v) is 16.0. The van der Waals surface area contributed by atoms with Crippen molar-refractivity contribution in [3.8, 4) is 11.5 Å². The molecular weight excluding hydrogens is 354 g/mol. The largest absolute Gasteiger partial charge is 0.493 e. The first-order valence-electron chi connectivity index (χ1n) is 8.91. The van der Waals surface area contributed by atoms with E-state index < -0.39 is 0 Å². The van der Waals surface area contributed by atoms with E-state index in [1.54, 1.807) is 25.3 Å². The molecule has 144 valence electrons. The van der Waals surface area contributed by atoms with E-state index in [0.29, 0.717) is 24.7 Å². The summed E-state index contributed by atoms with van der Waals surface area (Å²) in [6.45, 7) is 6.40. The maximum absolute atomic E-state index is 12.1. The number of methoxy groups -OCH3 is 1. The van der Waals surface area contributed by atoms with Gasteiger partial charge in [0.2, 0.25) is 5.91 Å². The van der Waals surface area contributed by atoms with Crippen molar-refractivity contribution in [1.82, 2.24) is 14.7 Å². The van der Waals surface area contributed by atoms with Crippen molar-refractivity contribution in [3.63, 3.8) is 0 Å². The standard InChI is InChI=1S/C22H23N3O3/c1-4-12-28-19-9-7-17(13-20(19)27-3)8-10-21(26)23-14-18-15-25-11-5-6-16(2)22(25)24-18/h4-11,13,15H,1,12,14H2,2-3H3,(H,23,26)/b10-8+. The van der Waals surface area contributed by atoms with Crippen molar-refractivity contribution in [2.45, 2.75) is 13.5 Å². The molecule has 6 heteroatoms. The van der Waals surface area contributed by atoms with Gasteiger partial charge in [0.1, 0.15) is 12.3 Å². The number of ether oxygens (including phenoxy) is 2. The van der Waals surface area contributed by atoms with Crippen molar-refractivity contribution >= 4 is 17.6 Å². The Labute approximate surface area is 164 Å². The van der Waals surface area contributed by atoms with Gasteiger partial charge in [0.25, 0.3) is 0 Å². The summed E-state index contributed by atoms with van der Waals surface area (Å²) in [5, 5.41) is 2.85. The lowest BCUT2D eigenvalue weighted by Gasteiger charge is -2.09. The molecule has 0 bridgehead atoms. The SMILES string of the molecule is C=CCOc1ccc(/C=C/C(=O)NCc2cn3cccc(C)c3n2)cc1OC. The number of amides is 1. The summed E-state index contributed by atoms with van der Waals surface area (Å²) in [5.74, 6) is 1.04. The Morgan fingerprint density at radius 2 is 2.18 bits per heavy atom. The molecule has 0 aliphatic rings. The average Bonchev–Trinajstić information content (AvgIpc) is 3.14. The number of nitrogens with one attached hydrogen (secondary N) is 1. The highest BCUT2D eigenvalue weighted by Gasteiger charge is 2.06. The fourth-order valence-corrected chi connectivity index (χ4v) is 2.75. The molecule has 0 radical (unpaired) electrons. The third-order valence-electron chi connectivity index (χ3n) is 4.14. The predicted molar refractivity (Wildman–Crippen MR) is 109 cm³/mol. The van der Waals surface area contributed by atoms with Gasteiger partial charge in [-0.05, 0) is 42.3 Å². The first kappa shape index (κ1) is 19.2. The zero-order chi connectivity index (χ0) is 19.9. The molecule has 0 fully saturated rings. The van der Waals surface area contributed by atoms with Crippen molar-refractivity contribution in [2.75, 3.05) is 13.7 Å². The van der Waals surface area contributed by atoms with Crippen molar-refractivity contribution < 1.29 is 14.3 Å². The number of benzene rings is 1. The van der Waals surface area contributed by atoms with Crippen LogP contribution in [0.5, 0.6) is 11.5 Å². The fraction of sp³-hybridized carbons (Fsp3) is 0.182. The minimum Gasteiger partial charge on any atom is -0.493 e.